The average Bonchev–Trinajstić information content (AvgIpc) is 3.19. The van der Waals surface area contributed by atoms with E-state index < -0.39 is 10.0 Å². The molecule has 2 aromatic rings. The van der Waals surface area contributed by atoms with Gasteiger partial charge in [-0.05, 0) is 61.2 Å². The Bertz CT molecular complexity index is 955. The summed E-state index contributed by atoms with van der Waals surface area (Å²) in [5.74, 6) is -0.135. The predicted octanol–water partition coefficient (Wildman–Crippen LogP) is 3.35. The minimum Gasteiger partial charge on any atom is -0.326 e. The first kappa shape index (κ1) is 20.1. The van der Waals surface area contributed by atoms with E-state index in [1.807, 2.05) is 6.07 Å². The predicted molar refractivity (Wildman–Crippen MR) is 107 cm³/mol. The Kier molecular flexibility index (Phi) is 6.45. The van der Waals surface area contributed by atoms with Gasteiger partial charge in [-0.3, -0.25) is 4.79 Å². The molecule has 1 fully saturated rings. The first-order valence-electron chi connectivity index (χ1n) is 9.37. The SMILES string of the molecule is N#Cc1ccc(NC(=O)CCc2ccc(S(=O)(=O)NC3CCCC3)cc2)cc1. The van der Waals surface area contributed by atoms with Gasteiger partial charge >= 0.3 is 0 Å². The lowest BCUT2D eigenvalue weighted by molar-refractivity contribution is -0.116. The highest BCUT2D eigenvalue weighted by Crippen LogP contribution is 2.21. The molecule has 0 atom stereocenters. The summed E-state index contributed by atoms with van der Waals surface area (Å²) in [7, 11) is -3.49. The van der Waals surface area contributed by atoms with Gasteiger partial charge in [-0.15, -0.1) is 0 Å². The Morgan fingerprint density at radius 3 is 2.29 bits per heavy atom. The number of amides is 1. The molecule has 28 heavy (non-hydrogen) atoms. The molecule has 3 rings (SSSR count). The van der Waals surface area contributed by atoms with E-state index in [0.717, 1.165) is 31.2 Å². The molecule has 1 aliphatic carbocycles. The highest BCUT2D eigenvalue weighted by atomic mass is 32.2. The van der Waals surface area contributed by atoms with Gasteiger partial charge in [-0.1, -0.05) is 25.0 Å². The second-order valence-electron chi connectivity index (χ2n) is 6.98. The van der Waals surface area contributed by atoms with Crippen molar-refractivity contribution in [1.29, 1.82) is 5.26 Å². The molecule has 0 bridgehead atoms. The van der Waals surface area contributed by atoms with E-state index in [9.17, 15) is 13.2 Å². The molecule has 6 nitrogen and oxygen atoms in total. The first-order chi connectivity index (χ1) is 13.5. The minimum absolute atomic E-state index is 0.0376. The largest absolute Gasteiger partial charge is 0.326 e. The summed E-state index contributed by atoms with van der Waals surface area (Å²) < 4.78 is 27.6. The molecule has 2 aromatic carbocycles. The molecular formula is C21H23N3O3S. The van der Waals surface area contributed by atoms with Crippen LogP contribution >= 0.6 is 0 Å². The maximum absolute atomic E-state index is 12.4. The number of rotatable bonds is 7. The molecule has 1 saturated carbocycles. The van der Waals surface area contributed by atoms with Crippen LogP contribution in [0.2, 0.25) is 0 Å². The zero-order valence-electron chi connectivity index (χ0n) is 15.5. The van der Waals surface area contributed by atoms with Gasteiger partial charge in [-0.25, -0.2) is 13.1 Å². The molecule has 0 unspecified atom stereocenters. The molecule has 0 heterocycles. The Balaban J connectivity index is 1.52. The van der Waals surface area contributed by atoms with E-state index in [1.165, 1.54) is 0 Å². The molecule has 0 aliphatic heterocycles. The van der Waals surface area contributed by atoms with Crippen molar-refractivity contribution >= 4 is 21.6 Å². The fourth-order valence-electron chi connectivity index (χ4n) is 3.28. The second-order valence-corrected chi connectivity index (χ2v) is 8.70. The zero-order chi connectivity index (χ0) is 20.0. The zero-order valence-corrected chi connectivity index (χ0v) is 16.3. The number of nitriles is 1. The summed E-state index contributed by atoms with van der Waals surface area (Å²) in [5, 5.41) is 11.6. The molecule has 2 N–H and O–H groups in total. The molecule has 7 heteroatoms. The number of carbonyl (C=O) groups is 1. The van der Waals surface area contributed by atoms with Crippen molar-refractivity contribution in [1.82, 2.24) is 4.72 Å². The van der Waals surface area contributed by atoms with Crippen molar-refractivity contribution in [2.45, 2.75) is 49.5 Å². The first-order valence-corrected chi connectivity index (χ1v) is 10.9. The maximum Gasteiger partial charge on any atom is 0.240 e. The van der Waals surface area contributed by atoms with Gasteiger partial charge in [-0.2, -0.15) is 5.26 Å². The Hall–Kier alpha value is -2.69. The topological polar surface area (TPSA) is 99.1 Å². The van der Waals surface area contributed by atoms with Crippen LogP contribution in [0.3, 0.4) is 0 Å². The van der Waals surface area contributed by atoms with Crippen LogP contribution in [0.5, 0.6) is 0 Å². The summed E-state index contributed by atoms with van der Waals surface area (Å²) in [4.78, 5) is 12.3. The van der Waals surface area contributed by atoms with E-state index in [0.29, 0.717) is 17.7 Å². The highest BCUT2D eigenvalue weighted by Gasteiger charge is 2.22. The maximum atomic E-state index is 12.4. The Morgan fingerprint density at radius 1 is 1.04 bits per heavy atom. The number of sulfonamides is 1. The van der Waals surface area contributed by atoms with E-state index in [4.69, 9.17) is 5.26 Å². The number of benzene rings is 2. The number of aryl methyl sites for hydroxylation is 1. The molecule has 0 radical (unpaired) electrons. The van der Waals surface area contributed by atoms with Gasteiger partial charge in [0.15, 0.2) is 0 Å². The van der Waals surface area contributed by atoms with Gasteiger partial charge in [0.2, 0.25) is 15.9 Å². The Labute approximate surface area is 165 Å². The monoisotopic (exact) mass is 397 g/mol. The highest BCUT2D eigenvalue weighted by molar-refractivity contribution is 7.89. The minimum atomic E-state index is -3.49. The van der Waals surface area contributed by atoms with Crippen molar-refractivity contribution in [2.75, 3.05) is 5.32 Å². The smallest absolute Gasteiger partial charge is 0.240 e. The molecule has 0 saturated heterocycles. The fourth-order valence-corrected chi connectivity index (χ4v) is 4.58. The van der Waals surface area contributed by atoms with Crippen LogP contribution in [0.25, 0.3) is 0 Å². The summed E-state index contributed by atoms with van der Waals surface area (Å²) in [6.07, 6.45) is 4.72. The van der Waals surface area contributed by atoms with Gasteiger partial charge in [0.25, 0.3) is 0 Å². The molecule has 0 aromatic heterocycles. The van der Waals surface area contributed by atoms with Crippen LogP contribution in [0.1, 0.15) is 43.2 Å². The van der Waals surface area contributed by atoms with Crippen molar-refractivity contribution in [3.05, 3.63) is 59.7 Å². The third-order valence-electron chi connectivity index (χ3n) is 4.85. The van der Waals surface area contributed by atoms with E-state index in [-0.39, 0.29) is 23.3 Å². The quantitative estimate of drug-likeness (QED) is 0.748. The van der Waals surface area contributed by atoms with Gasteiger partial charge in [0.05, 0.1) is 16.5 Å². The number of nitrogens with one attached hydrogen (secondary N) is 2. The van der Waals surface area contributed by atoms with Crippen LogP contribution in [0.15, 0.2) is 53.4 Å². The van der Waals surface area contributed by atoms with Crippen molar-refractivity contribution in [3.63, 3.8) is 0 Å². The van der Waals surface area contributed by atoms with Gasteiger partial charge < -0.3 is 5.32 Å². The van der Waals surface area contributed by atoms with Crippen molar-refractivity contribution in [2.24, 2.45) is 0 Å². The lowest BCUT2D eigenvalue weighted by atomic mass is 10.1. The number of nitrogens with zero attached hydrogens (tertiary/aromatic N) is 1. The van der Waals surface area contributed by atoms with Crippen LogP contribution < -0.4 is 10.0 Å². The lowest BCUT2D eigenvalue weighted by Gasteiger charge is -2.13. The summed E-state index contributed by atoms with van der Waals surface area (Å²) in [5.41, 5.74) is 2.08. The number of carbonyl (C=O) groups excluding carboxylic acids is 1. The van der Waals surface area contributed by atoms with E-state index in [2.05, 4.69) is 10.0 Å². The number of anilines is 1. The fraction of sp³-hybridized carbons (Fsp3) is 0.333. The number of hydrogen-bond donors (Lipinski definition) is 2. The molecule has 0 spiro atoms. The normalized spacial score (nSPS) is 14.5. The summed E-state index contributed by atoms with van der Waals surface area (Å²) in [6, 6.07) is 15.4. The van der Waals surface area contributed by atoms with Crippen LogP contribution in [-0.4, -0.2) is 20.4 Å². The van der Waals surface area contributed by atoms with Crippen LogP contribution in [-0.2, 0) is 21.2 Å². The van der Waals surface area contributed by atoms with Crippen LogP contribution in [0.4, 0.5) is 5.69 Å². The standard InChI is InChI=1S/C21H23N3O3S/c22-15-17-5-10-18(11-6-17)23-21(25)14-9-16-7-12-20(13-8-16)28(26,27)24-19-3-1-2-4-19/h5-8,10-13,19,24H,1-4,9,14H2,(H,23,25). The van der Waals surface area contributed by atoms with Crippen LogP contribution in [0, 0.1) is 11.3 Å². The van der Waals surface area contributed by atoms with Crippen molar-refractivity contribution < 1.29 is 13.2 Å². The molecule has 146 valence electrons. The average molecular weight is 398 g/mol. The lowest BCUT2D eigenvalue weighted by Crippen LogP contribution is -2.32. The van der Waals surface area contributed by atoms with Gasteiger partial charge in [0, 0.05) is 18.2 Å². The van der Waals surface area contributed by atoms with Crippen molar-refractivity contribution in [3.8, 4) is 6.07 Å². The molecular weight excluding hydrogens is 374 g/mol. The molecule has 1 amide bonds. The third kappa shape index (κ3) is 5.41. The summed E-state index contributed by atoms with van der Waals surface area (Å²) in [6.45, 7) is 0. The molecule has 1 aliphatic rings. The second kappa shape index (κ2) is 9.00. The summed E-state index contributed by atoms with van der Waals surface area (Å²) >= 11 is 0. The van der Waals surface area contributed by atoms with E-state index in [1.54, 1.807) is 48.5 Å². The van der Waals surface area contributed by atoms with E-state index >= 15 is 0 Å². The van der Waals surface area contributed by atoms with Gasteiger partial charge in [0.1, 0.15) is 0 Å². The Morgan fingerprint density at radius 2 is 1.68 bits per heavy atom. The third-order valence-corrected chi connectivity index (χ3v) is 6.39. The number of hydrogen-bond acceptors (Lipinski definition) is 4.